The summed E-state index contributed by atoms with van der Waals surface area (Å²) in [5.74, 6) is 2.02. The summed E-state index contributed by atoms with van der Waals surface area (Å²) in [6.07, 6.45) is 5.09. The number of anilines is 1. The van der Waals surface area contributed by atoms with E-state index >= 15 is 0 Å². The van der Waals surface area contributed by atoms with E-state index in [1.807, 2.05) is 6.07 Å². The van der Waals surface area contributed by atoms with Crippen molar-refractivity contribution < 1.29 is 9.47 Å². The third kappa shape index (κ3) is 4.06. The monoisotopic (exact) mass is 265 g/mol. The predicted octanol–water partition coefficient (Wildman–Crippen LogP) is 2.49. The summed E-state index contributed by atoms with van der Waals surface area (Å²) in [7, 11) is 0. The van der Waals surface area contributed by atoms with Crippen molar-refractivity contribution >= 4 is 5.82 Å². The highest BCUT2D eigenvalue weighted by atomic mass is 16.5. The Morgan fingerprint density at radius 3 is 3.11 bits per heavy atom. The van der Waals surface area contributed by atoms with Crippen LogP contribution in [0.25, 0.3) is 0 Å². The molecule has 1 saturated heterocycles. The molecule has 19 heavy (non-hydrogen) atoms. The van der Waals surface area contributed by atoms with Gasteiger partial charge in [-0.2, -0.15) is 0 Å². The first-order chi connectivity index (χ1) is 9.33. The van der Waals surface area contributed by atoms with Gasteiger partial charge in [-0.3, -0.25) is 0 Å². The molecule has 2 unspecified atom stereocenters. The molecule has 1 aliphatic heterocycles. The maximum absolute atomic E-state index is 5.68. The van der Waals surface area contributed by atoms with E-state index in [0.29, 0.717) is 24.5 Å². The van der Waals surface area contributed by atoms with Gasteiger partial charge in [0.25, 0.3) is 0 Å². The van der Waals surface area contributed by atoms with Crippen LogP contribution >= 0.6 is 0 Å². The van der Waals surface area contributed by atoms with Crippen LogP contribution in [0.4, 0.5) is 5.82 Å². The van der Waals surface area contributed by atoms with E-state index < -0.39 is 0 Å². The minimum Gasteiger partial charge on any atom is -0.478 e. The summed E-state index contributed by atoms with van der Waals surface area (Å²) in [6.45, 7) is 6.70. The van der Waals surface area contributed by atoms with Crippen LogP contribution in [0.1, 0.15) is 33.1 Å². The van der Waals surface area contributed by atoms with E-state index in [1.165, 1.54) is 6.33 Å². The molecule has 2 atom stereocenters. The zero-order valence-electron chi connectivity index (χ0n) is 11.8. The highest BCUT2D eigenvalue weighted by Crippen LogP contribution is 2.23. The number of hydrogen-bond donors (Lipinski definition) is 1. The Morgan fingerprint density at radius 2 is 2.32 bits per heavy atom. The first-order valence-corrected chi connectivity index (χ1v) is 7.13. The van der Waals surface area contributed by atoms with E-state index in [2.05, 4.69) is 29.1 Å². The Labute approximate surface area is 114 Å². The summed E-state index contributed by atoms with van der Waals surface area (Å²) in [6, 6.07) is 1.85. The molecular formula is C14H23N3O2. The standard InChI is InChI=1S/C14H23N3O2/c1-3-6-19-14-8-13(16-10-17-14)15-9-11-5-7-18-12(11)4-2/h8,10-12H,3-7,9H2,1-2H3,(H,15,16,17). The number of aromatic nitrogens is 2. The lowest BCUT2D eigenvalue weighted by molar-refractivity contribution is 0.0900. The number of nitrogens with one attached hydrogen (secondary N) is 1. The van der Waals surface area contributed by atoms with Gasteiger partial charge in [-0.15, -0.1) is 0 Å². The van der Waals surface area contributed by atoms with Crippen molar-refractivity contribution in [2.24, 2.45) is 5.92 Å². The van der Waals surface area contributed by atoms with Crippen LogP contribution in [0.15, 0.2) is 12.4 Å². The summed E-state index contributed by atoms with van der Waals surface area (Å²) >= 11 is 0. The summed E-state index contributed by atoms with van der Waals surface area (Å²) in [5.41, 5.74) is 0. The molecule has 0 bridgehead atoms. The molecule has 1 N–H and O–H groups in total. The highest BCUT2D eigenvalue weighted by molar-refractivity contribution is 5.37. The van der Waals surface area contributed by atoms with Crippen molar-refractivity contribution in [3.05, 3.63) is 12.4 Å². The van der Waals surface area contributed by atoms with Crippen LogP contribution in [0.2, 0.25) is 0 Å². The molecule has 1 aliphatic rings. The van der Waals surface area contributed by atoms with Gasteiger partial charge < -0.3 is 14.8 Å². The third-order valence-electron chi connectivity index (χ3n) is 3.39. The minimum absolute atomic E-state index is 0.380. The summed E-state index contributed by atoms with van der Waals surface area (Å²) in [5, 5.41) is 3.36. The van der Waals surface area contributed by atoms with Crippen LogP contribution < -0.4 is 10.1 Å². The first-order valence-electron chi connectivity index (χ1n) is 7.13. The van der Waals surface area contributed by atoms with Crippen molar-refractivity contribution in [1.29, 1.82) is 0 Å². The Bertz CT molecular complexity index is 387. The number of rotatable bonds is 7. The van der Waals surface area contributed by atoms with E-state index in [9.17, 15) is 0 Å². The Hall–Kier alpha value is -1.36. The average molecular weight is 265 g/mol. The molecule has 0 spiro atoms. The maximum atomic E-state index is 5.68. The first kappa shape index (κ1) is 14.1. The van der Waals surface area contributed by atoms with Crippen molar-refractivity contribution in [3.8, 4) is 5.88 Å². The minimum atomic E-state index is 0.380. The molecule has 0 amide bonds. The van der Waals surface area contributed by atoms with Crippen LogP contribution in [0.5, 0.6) is 5.88 Å². The Morgan fingerprint density at radius 1 is 1.42 bits per heavy atom. The van der Waals surface area contributed by atoms with E-state index in [0.717, 1.165) is 38.2 Å². The fourth-order valence-electron chi connectivity index (χ4n) is 2.33. The van der Waals surface area contributed by atoms with Gasteiger partial charge in [0.2, 0.25) is 5.88 Å². The quantitative estimate of drug-likeness (QED) is 0.821. The normalized spacial score (nSPS) is 22.4. The molecule has 1 aromatic heterocycles. The molecule has 2 heterocycles. The average Bonchev–Trinajstić information content (AvgIpc) is 2.91. The van der Waals surface area contributed by atoms with Gasteiger partial charge >= 0.3 is 0 Å². The third-order valence-corrected chi connectivity index (χ3v) is 3.39. The molecule has 0 aliphatic carbocycles. The fraction of sp³-hybridized carbons (Fsp3) is 0.714. The van der Waals surface area contributed by atoms with E-state index in [1.54, 1.807) is 0 Å². The Kier molecular flexibility index (Phi) is 5.39. The number of nitrogens with zero attached hydrogens (tertiary/aromatic N) is 2. The molecule has 1 fully saturated rings. The van der Waals surface area contributed by atoms with Crippen LogP contribution in [0, 0.1) is 5.92 Å². The molecule has 1 aromatic rings. The summed E-state index contributed by atoms with van der Waals surface area (Å²) in [4.78, 5) is 8.31. The van der Waals surface area contributed by atoms with Gasteiger partial charge in [-0.1, -0.05) is 13.8 Å². The van der Waals surface area contributed by atoms with Crippen LogP contribution in [-0.2, 0) is 4.74 Å². The SMILES string of the molecule is CCCOc1cc(NCC2CCOC2CC)ncn1. The summed E-state index contributed by atoms with van der Waals surface area (Å²) < 4.78 is 11.2. The Balaban J connectivity index is 1.85. The van der Waals surface area contributed by atoms with Gasteiger partial charge in [-0.25, -0.2) is 9.97 Å². The van der Waals surface area contributed by atoms with Crippen LogP contribution in [-0.4, -0.2) is 35.8 Å². The van der Waals surface area contributed by atoms with E-state index in [4.69, 9.17) is 9.47 Å². The molecule has 5 nitrogen and oxygen atoms in total. The lowest BCUT2D eigenvalue weighted by Gasteiger charge is -2.17. The number of hydrogen-bond acceptors (Lipinski definition) is 5. The van der Waals surface area contributed by atoms with E-state index in [-0.39, 0.29) is 0 Å². The van der Waals surface area contributed by atoms with Crippen LogP contribution in [0.3, 0.4) is 0 Å². The van der Waals surface area contributed by atoms with Crippen molar-refractivity contribution in [1.82, 2.24) is 9.97 Å². The van der Waals surface area contributed by atoms with Crippen molar-refractivity contribution in [2.75, 3.05) is 25.1 Å². The van der Waals surface area contributed by atoms with Gasteiger partial charge in [0.1, 0.15) is 12.1 Å². The fourth-order valence-corrected chi connectivity index (χ4v) is 2.33. The second-order valence-electron chi connectivity index (χ2n) is 4.84. The van der Waals surface area contributed by atoms with Gasteiger partial charge in [0, 0.05) is 25.1 Å². The van der Waals surface area contributed by atoms with Gasteiger partial charge in [-0.05, 0) is 19.3 Å². The second kappa shape index (κ2) is 7.28. The zero-order valence-corrected chi connectivity index (χ0v) is 11.8. The highest BCUT2D eigenvalue weighted by Gasteiger charge is 2.26. The lowest BCUT2D eigenvalue weighted by atomic mass is 10.00. The lowest BCUT2D eigenvalue weighted by Crippen LogP contribution is -2.23. The van der Waals surface area contributed by atoms with Crippen molar-refractivity contribution in [2.45, 2.75) is 39.2 Å². The zero-order chi connectivity index (χ0) is 13.5. The second-order valence-corrected chi connectivity index (χ2v) is 4.84. The maximum Gasteiger partial charge on any atom is 0.218 e. The molecule has 0 saturated carbocycles. The van der Waals surface area contributed by atoms with Crippen molar-refractivity contribution in [3.63, 3.8) is 0 Å². The van der Waals surface area contributed by atoms with Gasteiger partial charge in [0.15, 0.2) is 0 Å². The topological polar surface area (TPSA) is 56.3 Å². The molecule has 2 rings (SSSR count). The molecule has 106 valence electrons. The van der Waals surface area contributed by atoms with Gasteiger partial charge in [0.05, 0.1) is 12.7 Å². The molecule has 0 aromatic carbocycles. The molecule has 0 radical (unpaired) electrons. The smallest absolute Gasteiger partial charge is 0.218 e. The largest absolute Gasteiger partial charge is 0.478 e. The number of ether oxygens (including phenoxy) is 2. The molecular weight excluding hydrogens is 242 g/mol. The molecule has 5 heteroatoms. The predicted molar refractivity (Wildman–Crippen MR) is 74.4 cm³/mol.